The lowest BCUT2D eigenvalue weighted by molar-refractivity contribution is 0.0270. The van der Waals surface area contributed by atoms with Gasteiger partial charge in [0.05, 0.1) is 23.2 Å². The fraction of sp³-hybridized carbons (Fsp3) is 0.429. The van der Waals surface area contributed by atoms with E-state index in [0.717, 1.165) is 37.4 Å². The zero-order chi connectivity index (χ0) is 27.1. The van der Waals surface area contributed by atoms with E-state index in [4.69, 9.17) is 4.84 Å². The fourth-order valence-electron chi connectivity index (χ4n) is 5.35. The lowest BCUT2D eigenvalue weighted by Gasteiger charge is -2.37. The van der Waals surface area contributed by atoms with Gasteiger partial charge in [-0.3, -0.25) is 19.4 Å². The van der Waals surface area contributed by atoms with Gasteiger partial charge in [0.1, 0.15) is 12.1 Å². The van der Waals surface area contributed by atoms with Crippen molar-refractivity contribution >= 4 is 40.0 Å². The maximum Gasteiger partial charge on any atom is 0.327 e. The molecule has 0 unspecified atom stereocenters. The van der Waals surface area contributed by atoms with Gasteiger partial charge in [0.25, 0.3) is 5.91 Å². The molecule has 6 rings (SSSR count). The molecule has 1 saturated carbocycles. The van der Waals surface area contributed by atoms with E-state index in [-0.39, 0.29) is 17.6 Å². The summed E-state index contributed by atoms with van der Waals surface area (Å²) in [6, 6.07) is 7.06. The van der Waals surface area contributed by atoms with Crippen LogP contribution >= 0.6 is 0 Å². The summed E-state index contributed by atoms with van der Waals surface area (Å²) < 4.78 is 15.6. The number of aryl methyl sites for hydroxylation is 1. The zero-order valence-corrected chi connectivity index (χ0v) is 22.2. The third kappa shape index (κ3) is 4.99. The number of urea groups is 1. The van der Waals surface area contributed by atoms with Crippen molar-refractivity contribution in [3.05, 3.63) is 53.1 Å². The number of benzene rings is 2. The Morgan fingerprint density at radius 3 is 2.69 bits per heavy atom. The third-order valence-electron chi connectivity index (χ3n) is 7.71. The van der Waals surface area contributed by atoms with Gasteiger partial charge in [-0.2, -0.15) is 0 Å². The molecular weight excluding hydrogens is 501 g/mol. The van der Waals surface area contributed by atoms with Crippen molar-refractivity contribution < 1.29 is 18.8 Å². The molecule has 1 aromatic heterocycles. The number of rotatable bonds is 8. The Balaban J connectivity index is 1.11. The Hall–Kier alpha value is -3.83. The normalized spacial score (nSPS) is 17.5. The fourth-order valence-corrected chi connectivity index (χ4v) is 5.35. The average Bonchev–Trinajstić information content (AvgIpc) is 3.76. The Labute approximate surface area is 226 Å². The van der Waals surface area contributed by atoms with Gasteiger partial charge in [0.2, 0.25) is 0 Å². The van der Waals surface area contributed by atoms with E-state index in [2.05, 4.69) is 30.6 Å². The van der Waals surface area contributed by atoms with E-state index < -0.39 is 5.82 Å². The van der Waals surface area contributed by atoms with Crippen LogP contribution in [0.15, 0.2) is 30.6 Å². The number of carbonyl (C=O) groups is 2. The number of halogens is 1. The summed E-state index contributed by atoms with van der Waals surface area (Å²) >= 11 is 0. The predicted molar refractivity (Wildman–Crippen MR) is 146 cm³/mol. The number of amides is 3. The minimum Gasteiger partial charge on any atom is -0.369 e. The number of nitrogens with one attached hydrogen (secondary N) is 2. The minimum absolute atomic E-state index is 0.157. The van der Waals surface area contributed by atoms with Crippen molar-refractivity contribution in [1.29, 1.82) is 0 Å². The predicted octanol–water partition coefficient (Wildman–Crippen LogP) is 3.84. The van der Waals surface area contributed by atoms with Crippen molar-refractivity contribution in [2.75, 3.05) is 54.4 Å². The van der Waals surface area contributed by atoms with Crippen LogP contribution in [-0.4, -0.2) is 66.1 Å². The molecule has 3 amide bonds. The molecule has 2 N–H and O–H groups in total. The zero-order valence-electron chi connectivity index (χ0n) is 22.2. The van der Waals surface area contributed by atoms with E-state index in [1.165, 1.54) is 24.1 Å². The molecule has 0 radical (unpaired) electrons. The van der Waals surface area contributed by atoms with E-state index >= 15 is 4.39 Å². The van der Waals surface area contributed by atoms with Crippen LogP contribution in [-0.2, 0) is 11.4 Å². The van der Waals surface area contributed by atoms with Gasteiger partial charge in [0, 0.05) is 56.1 Å². The van der Waals surface area contributed by atoms with Crippen molar-refractivity contribution in [1.82, 2.24) is 20.3 Å². The highest BCUT2D eigenvalue weighted by Crippen LogP contribution is 2.38. The third-order valence-corrected chi connectivity index (χ3v) is 7.71. The molecule has 0 atom stereocenters. The van der Waals surface area contributed by atoms with Crippen LogP contribution in [0.2, 0.25) is 0 Å². The molecule has 2 fully saturated rings. The van der Waals surface area contributed by atoms with Gasteiger partial charge in [-0.15, -0.1) is 0 Å². The molecule has 2 aromatic carbocycles. The summed E-state index contributed by atoms with van der Waals surface area (Å²) in [7, 11) is 0. The van der Waals surface area contributed by atoms with E-state index in [1.54, 1.807) is 6.07 Å². The van der Waals surface area contributed by atoms with Crippen LogP contribution in [0.4, 0.5) is 26.4 Å². The van der Waals surface area contributed by atoms with E-state index in [9.17, 15) is 9.59 Å². The summed E-state index contributed by atoms with van der Waals surface area (Å²) in [5.74, 6) is 0.344. The van der Waals surface area contributed by atoms with Gasteiger partial charge >= 0.3 is 6.03 Å². The molecule has 3 aliphatic rings. The van der Waals surface area contributed by atoms with Gasteiger partial charge in [-0.1, -0.05) is 0 Å². The van der Waals surface area contributed by atoms with Gasteiger partial charge in [0.15, 0.2) is 5.82 Å². The molecule has 204 valence electrons. The second-order valence-electron chi connectivity index (χ2n) is 10.4. The number of hydrogen-bond acceptors (Lipinski definition) is 7. The number of anilines is 3. The number of aromatic nitrogens is 2. The molecule has 0 spiro atoms. The first kappa shape index (κ1) is 25.4. The molecule has 2 aliphatic heterocycles. The smallest absolute Gasteiger partial charge is 0.327 e. The summed E-state index contributed by atoms with van der Waals surface area (Å²) in [6.45, 7) is 8.29. The first-order valence-electron chi connectivity index (χ1n) is 13.5. The van der Waals surface area contributed by atoms with E-state index in [0.29, 0.717) is 53.5 Å². The molecule has 0 bridgehead atoms. The van der Waals surface area contributed by atoms with Gasteiger partial charge in [-0.05, 0) is 62.4 Å². The number of hydroxylamine groups is 1. The highest BCUT2D eigenvalue weighted by molar-refractivity contribution is 6.17. The van der Waals surface area contributed by atoms with Crippen LogP contribution in [0.1, 0.15) is 41.3 Å². The molecule has 39 heavy (non-hydrogen) atoms. The molecular formula is C28H32FN7O3. The van der Waals surface area contributed by atoms with Crippen LogP contribution in [0, 0.1) is 18.7 Å². The minimum atomic E-state index is -0.434. The number of piperazine rings is 1. The Morgan fingerprint density at radius 1 is 1.18 bits per heavy atom. The number of nitrogens with zero attached hydrogens (tertiary/aromatic N) is 5. The second-order valence-corrected chi connectivity index (χ2v) is 10.4. The first-order valence-corrected chi connectivity index (χ1v) is 13.5. The highest BCUT2D eigenvalue weighted by Gasteiger charge is 2.30. The van der Waals surface area contributed by atoms with Crippen molar-refractivity contribution in [2.45, 2.75) is 33.2 Å². The maximum atomic E-state index is 15.6. The average molecular weight is 534 g/mol. The van der Waals surface area contributed by atoms with Crippen LogP contribution in [0.5, 0.6) is 0 Å². The molecule has 10 nitrogen and oxygen atoms in total. The van der Waals surface area contributed by atoms with Crippen molar-refractivity contribution in [3.8, 4) is 0 Å². The summed E-state index contributed by atoms with van der Waals surface area (Å²) in [5.41, 5.74) is 6.48. The number of hydrogen-bond donors (Lipinski definition) is 2. The summed E-state index contributed by atoms with van der Waals surface area (Å²) in [4.78, 5) is 44.9. The number of carbonyl (C=O) groups excluding carboxylic acids is 2. The lowest BCUT2D eigenvalue weighted by atomic mass is 10.0. The lowest BCUT2D eigenvalue weighted by Crippen LogP contribution is -2.46. The molecule has 3 aromatic rings. The Bertz CT molecular complexity index is 1440. The molecule has 1 saturated heterocycles. The quantitative estimate of drug-likeness (QED) is 0.424. The summed E-state index contributed by atoms with van der Waals surface area (Å²) in [6.07, 6.45) is 3.75. The summed E-state index contributed by atoms with van der Waals surface area (Å²) in [5, 5.41) is 3.24. The second kappa shape index (κ2) is 10.4. The van der Waals surface area contributed by atoms with E-state index in [1.807, 2.05) is 32.0 Å². The standard InChI is InChI=1S/C28H32FN7O3/c1-3-36-26-23-21(30-16-31-26)13-20(24(29)25(23)32-28(36)38)14-34-8-10-35(11-9-34)22-7-6-19(12-17(22)2)27(37)33-39-15-18-4-5-18/h6-7,12-13,16,18H,3-5,8-11,14-15H2,1-2H3,(H,32,38)(H,33,37). The van der Waals surface area contributed by atoms with Crippen LogP contribution < -0.4 is 20.6 Å². The van der Waals surface area contributed by atoms with Gasteiger partial charge < -0.3 is 10.2 Å². The van der Waals surface area contributed by atoms with Gasteiger partial charge in [-0.25, -0.2) is 24.6 Å². The highest BCUT2D eigenvalue weighted by atomic mass is 19.1. The molecule has 1 aliphatic carbocycles. The molecule has 11 heteroatoms. The van der Waals surface area contributed by atoms with Crippen molar-refractivity contribution in [3.63, 3.8) is 0 Å². The maximum absolute atomic E-state index is 15.6. The molecule has 3 heterocycles. The van der Waals surface area contributed by atoms with Crippen LogP contribution in [0.25, 0.3) is 10.9 Å². The van der Waals surface area contributed by atoms with Crippen LogP contribution in [0.3, 0.4) is 0 Å². The topological polar surface area (TPSA) is 103 Å². The Morgan fingerprint density at radius 2 is 1.97 bits per heavy atom. The Kier molecular flexibility index (Phi) is 6.78. The first-order chi connectivity index (χ1) is 18.9. The monoisotopic (exact) mass is 533 g/mol. The SMILES string of the molecule is CCN1C(=O)Nc2c(F)c(CN3CCN(c4ccc(C(=O)NOCC5CC5)cc4C)CC3)cc3ncnc1c23. The van der Waals surface area contributed by atoms with Crippen molar-refractivity contribution in [2.24, 2.45) is 5.92 Å². The largest absolute Gasteiger partial charge is 0.369 e.